The minimum absolute atomic E-state index is 0.210. The highest BCUT2D eigenvalue weighted by Crippen LogP contribution is 2.32. The molecule has 0 atom stereocenters. The Morgan fingerprint density at radius 1 is 1.14 bits per heavy atom. The van der Waals surface area contributed by atoms with Gasteiger partial charge in [-0.2, -0.15) is 13.2 Å². The lowest BCUT2D eigenvalue weighted by atomic mass is 10.7. The minimum Gasteiger partial charge on any atom is -0.299 e. The van der Waals surface area contributed by atoms with Crippen molar-refractivity contribution in [3.63, 3.8) is 0 Å². The first kappa shape index (κ1) is 9.20. The number of aromatic nitrogens is 3. The zero-order valence-corrected chi connectivity index (χ0v) is 7.51. The second kappa shape index (κ2) is 3.09. The summed E-state index contributed by atoms with van der Waals surface area (Å²) in [5.74, 6) is 0. The highest BCUT2D eigenvalue weighted by molar-refractivity contribution is 7.13. The molecule has 0 unspecified atom stereocenters. The molecule has 0 radical (unpaired) electrons. The molecule has 0 bridgehead atoms. The summed E-state index contributed by atoms with van der Waals surface area (Å²) < 4.78 is 37.9. The summed E-state index contributed by atoms with van der Waals surface area (Å²) in [5, 5.41) is 5.78. The van der Waals surface area contributed by atoms with E-state index in [0.29, 0.717) is 11.3 Å². The first-order chi connectivity index (χ1) is 6.57. The fourth-order valence-corrected chi connectivity index (χ4v) is 1.58. The van der Waals surface area contributed by atoms with Crippen LogP contribution in [-0.4, -0.2) is 14.8 Å². The van der Waals surface area contributed by atoms with Crippen LogP contribution in [0, 0.1) is 0 Å². The quantitative estimate of drug-likeness (QED) is 0.737. The van der Waals surface area contributed by atoms with Crippen molar-refractivity contribution in [2.75, 3.05) is 0 Å². The number of alkyl halides is 3. The van der Waals surface area contributed by atoms with Crippen LogP contribution in [0.4, 0.5) is 13.2 Å². The molecule has 3 nitrogen and oxygen atoms in total. The van der Waals surface area contributed by atoms with Crippen LogP contribution >= 0.6 is 11.3 Å². The molecule has 0 saturated carbocycles. The average molecular weight is 219 g/mol. The third kappa shape index (κ3) is 1.63. The zero-order valence-electron chi connectivity index (χ0n) is 6.69. The monoisotopic (exact) mass is 219 g/mol. The van der Waals surface area contributed by atoms with E-state index in [9.17, 15) is 13.2 Å². The van der Waals surface area contributed by atoms with Gasteiger partial charge >= 0.3 is 6.18 Å². The maximum absolute atomic E-state index is 12.1. The van der Waals surface area contributed by atoms with E-state index in [1.54, 1.807) is 24.5 Å². The molecule has 2 heterocycles. The third-order valence-electron chi connectivity index (χ3n) is 1.48. The lowest BCUT2D eigenvalue weighted by Gasteiger charge is -1.97. The Balaban J connectivity index is 2.36. The summed E-state index contributed by atoms with van der Waals surface area (Å²) in [6.45, 7) is 0. The largest absolute Gasteiger partial charge is 0.445 e. The Bertz CT molecular complexity index is 418. The number of rotatable bonds is 1. The molecule has 2 aromatic heterocycles. The zero-order chi connectivity index (χ0) is 10.2. The van der Waals surface area contributed by atoms with E-state index in [2.05, 4.69) is 10.2 Å². The van der Waals surface area contributed by atoms with Gasteiger partial charge < -0.3 is 0 Å². The molecule has 2 rings (SSSR count). The van der Waals surface area contributed by atoms with Crippen molar-refractivity contribution in [3.05, 3.63) is 29.5 Å². The van der Waals surface area contributed by atoms with Crippen LogP contribution in [0.15, 0.2) is 24.5 Å². The van der Waals surface area contributed by atoms with Gasteiger partial charge in [0, 0.05) is 12.4 Å². The van der Waals surface area contributed by atoms with E-state index in [1.165, 1.54) is 4.57 Å². The van der Waals surface area contributed by atoms with Gasteiger partial charge in [0.25, 0.3) is 0 Å². The smallest absolute Gasteiger partial charge is 0.299 e. The Hall–Kier alpha value is -1.37. The van der Waals surface area contributed by atoms with Crippen LogP contribution in [0.2, 0.25) is 0 Å². The van der Waals surface area contributed by atoms with Gasteiger partial charge in [-0.15, -0.1) is 10.2 Å². The summed E-state index contributed by atoms with van der Waals surface area (Å²) in [5.41, 5.74) is 0. The molecule has 0 amide bonds. The molecule has 0 aliphatic carbocycles. The molecule has 0 fully saturated rings. The maximum Gasteiger partial charge on any atom is 0.445 e. The van der Waals surface area contributed by atoms with Crippen molar-refractivity contribution in [2.24, 2.45) is 0 Å². The summed E-state index contributed by atoms with van der Waals surface area (Å²) in [6.07, 6.45) is -1.19. The Kier molecular flexibility index (Phi) is 2.03. The van der Waals surface area contributed by atoms with E-state index in [4.69, 9.17) is 0 Å². The fourth-order valence-electron chi connectivity index (χ4n) is 0.896. The van der Waals surface area contributed by atoms with Crippen LogP contribution in [0.1, 0.15) is 5.01 Å². The number of halogens is 3. The lowest BCUT2D eigenvalue weighted by molar-refractivity contribution is -0.138. The second-order valence-electron chi connectivity index (χ2n) is 2.48. The Morgan fingerprint density at radius 2 is 1.79 bits per heavy atom. The average Bonchev–Trinajstić information content (AvgIpc) is 2.73. The molecule has 0 spiro atoms. The van der Waals surface area contributed by atoms with Crippen molar-refractivity contribution in [2.45, 2.75) is 6.18 Å². The molecule has 0 N–H and O–H groups in total. The van der Waals surface area contributed by atoms with Crippen LogP contribution in [0.5, 0.6) is 0 Å². The first-order valence-electron chi connectivity index (χ1n) is 3.61. The Morgan fingerprint density at radius 3 is 2.29 bits per heavy atom. The van der Waals surface area contributed by atoms with E-state index in [-0.39, 0.29) is 5.13 Å². The molecular formula is C7H4F3N3S. The van der Waals surface area contributed by atoms with Crippen LogP contribution < -0.4 is 0 Å². The van der Waals surface area contributed by atoms with Crippen molar-refractivity contribution in [1.29, 1.82) is 0 Å². The van der Waals surface area contributed by atoms with E-state index < -0.39 is 11.2 Å². The standard InChI is InChI=1S/C7H4F3N3S/c8-7(9,10)5-11-12-6(14-5)13-3-1-2-4-13/h1-4H. The molecule has 0 aromatic carbocycles. The van der Waals surface area contributed by atoms with Gasteiger partial charge in [-0.3, -0.25) is 4.57 Å². The van der Waals surface area contributed by atoms with Gasteiger partial charge in [0.1, 0.15) is 0 Å². The highest BCUT2D eigenvalue weighted by Gasteiger charge is 2.35. The lowest BCUT2D eigenvalue weighted by Crippen LogP contribution is -2.03. The number of nitrogens with zero attached hydrogens (tertiary/aromatic N) is 3. The number of hydrogen-bond acceptors (Lipinski definition) is 3. The predicted octanol–water partition coefficient (Wildman–Crippen LogP) is 2.35. The van der Waals surface area contributed by atoms with Crippen molar-refractivity contribution in [3.8, 4) is 5.13 Å². The maximum atomic E-state index is 12.1. The highest BCUT2D eigenvalue weighted by atomic mass is 32.1. The van der Waals surface area contributed by atoms with Gasteiger partial charge in [-0.1, -0.05) is 11.3 Å². The molecule has 0 aliphatic heterocycles. The van der Waals surface area contributed by atoms with Gasteiger partial charge in [0.2, 0.25) is 10.1 Å². The van der Waals surface area contributed by atoms with Gasteiger partial charge in [-0.05, 0) is 12.1 Å². The van der Waals surface area contributed by atoms with Crippen LogP contribution in [0.25, 0.3) is 5.13 Å². The van der Waals surface area contributed by atoms with E-state index >= 15 is 0 Å². The third-order valence-corrected chi connectivity index (χ3v) is 2.46. The second-order valence-corrected chi connectivity index (χ2v) is 3.43. The summed E-state index contributed by atoms with van der Waals surface area (Å²) >= 11 is 0.513. The first-order valence-corrected chi connectivity index (χ1v) is 4.43. The molecular weight excluding hydrogens is 215 g/mol. The summed E-state index contributed by atoms with van der Waals surface area (Å²) in [4.78, 5) is 0. The van der Waals surface area contributed by atoms with Crippen LogP contribution in [-0.2, 0) is 6.18 Å². The summed E-state index contributed by atoms with van der Waals surface area (Å²) in [7, 11) is 0. The molecule has 74 valence electrons. The molecule has 0 saturated heterocycles. The Labute approximate surface area is 80.8 Å². The van der Waals surface area contributed by atoms with Crippen molar-refractivity contribution >= 4 is 11.3 Å². The normalized spacial score (nSPS) is 11.9. The molecule has 14 heavy (non-hydrogen) atoms. The van der Waals surface area contributed by atoms with Crippen molar-refractivity contribution < 1.29 is 13.2 Å². The predicted molar refractivity (Wildman–Crippen MR) is 44.2 cm³/mol. The minimum atomic E-state index is -4.41. The summed E-state index contributed by atoms with van der Waals surface area (Å²) in [6, 6.07) is 3.41. The van der Waals surface area contributed by atoms with Crippen LogP contribution in [0.3, 0.4) is 0 Å². The van der Waals surface area contributed by atoms with E-state index in [0.717, 1.165) is 0 Å². The topological polar surface area (TPSA) is 30.7 Å². The van der Waals surface area contributed by atoms with Crippen molar-refractivity contribution in [1.82, 2.24) is 14.8 Å². The van der Waals surface area contributed by atoms with Gasteiger partial charge in [-0.25, -0.2) is 0 Å². The van der Waals surface area contributed by atoms with Gasteiger partial charge in [0.05, 0.1) is 0 Å². The number of hydrogen-bond donors (Lipinski definition) is 0. The molecule has 7 heteroatoms. The molecule has 0 aliphatic rings. The SMILES string of the molecule is FC(F)(F)c1nnc(-n2cccc2)s1. The van der Waals surface area contributed by atoms with Gasteiger partial charge in [0.15, 0.2) is 0 Å². The molecule has 2 aromatic rings. The van der Waals surface area contributed by atoms with E-state index in [1.807, 2.05) is 0 Å². The fraction of sp³-hybridized carbons (Fsp3) is 0.143.